The zero-order chi connectivity index (χ0) is 13.9. The van der Waals surface area contributed by atoms with E-state index in [1.165, 1.54) is 6.20 Å². The topological polar surface area (TPSA) is 62.7 Å². The molecule has 1 aromatic heterocycles. The third-order valence-electron chi connectivity index (χ3n) is 3.26. The Morgan fingerprint density at radius 3 is 2.95 bits per heavy atom. The second kappa shape index (κ2) is 5.57. The first kappa shape index (κ1) is 13.8. The van der Waals surface area contributed by atoms with Crippen LogP contribution in [0.15, 0.2) is 18.3 Å². The summed E-state index contributed by atoms with van der Waals surface area (Å²) in [6, 6.07) is 3.51. The first-order chi connectivity index (χ1) is 9.02. The zero-order valence-corrected chi connectivity index (χ0v) is 11.4. The van der Waals surface area contributed by atoms with Gasteiger partial charge in [0, 0.05) is 19.3 Å². The highest BCUT2D eigenvalue weighted by atomic mass is 16.5. The second-order valence-electron chi connectivity index (χ2n) is 5.15. The Kier molecular flexibility index (Phi) is 4.04. The lowest BCUT2D eigenvalue weighted by Crippen LogP contribution is -2.46. The lowest BCUT2D eigenvalue weighted by Gasteiger charge is -2.37. The monoisotopic (exact) mass is 264 g/mol. The summed E-state index contributed by atoms with van der Waals surface area (Å²) in [6.07, 6.45) is 3.27. The van der Waals surface area contributed by atoms with Crippen LogP contribution in [0.1, 0.15) is 37.0 Å². The maximum atomic E-state index is 11.5. The number of nitrogens with zero attached hydrogens (tertiary/aromatic N) is 2. The number of ether oxygens (including phenoxy) is 1. The van der Waals surface area contributed by atoms with Gasteiger partial charge < -0.3 is 14.7 Å². The van der Waals surface area contributed by atoms with E-state index < -0.39 is 5.60 Å². The van der Waals surface area contributed by atoms with E-state index in [0.29, 0.717) is 18.7 Å². The van der Waals surface area contributed by atoms with E-state index in [1.54, 1.807) is 19.1 Å². The summed E-state index contributed by atoms with van der Waals surface area (Å²) in [7, 11) is 0. The maximum Gasteiger partial charge on any atom is 0.339 e. The predicted molar refractivity (Wildman–Crippen MR) is 72.3 cm³/mol. The van der Waals surface area contributed by atoms with E-state index in [-0.39, 0.29) is 5.97 Å². The Hall–Kier alpha value is -1.62. The van der Waals surface area contributed by atoms with Crippen molar-refractivity contribution in [2.24, 2.45) is 0 Å². The lowest BCUT2D eigenvalue weighted by atomic mass is 9.95. The van der Waals surface area contributed by atoms with Crippen molar-refractivity contribution in [1.82, 2.24) is 4.98 Å². The number of aromatic nitrogens is 1. The highest BCUT2D eigenvalue weighted by Gasteiger charge is 2.28. The summed E-state index contributed by atoms with van der Waals surface area (Å²) in [6.45, 7) is 5.41. The number of piperidine rings is 1. The average molecular weight is 264 g/mol. The third kappa shape index (κ3) is 3.44. The van der Waals surface area contributed by atoms with Gasteiger partial charge in [0.15, 0.2) is 0 Å². The summed E-state index contributed by atoms with van der Waals surface area (Å²) in [5, 5.41) is 10.1. The average Bonchev–Trinajstić information content (AvgIpc) is 2.38. The van der Waals surface area contributed by atoms with E-state index in [0.717, 1.165) is 25.2 Å². The van der Waals surface area contributed by atoms with Crippen LogP contribution in [-0.2, 0) is 4.74 Å². The largest absolute Gasteiger partial charge is 0.462 e. The normalized spacial score (nSPS) is 23.2. The van der Waals surface area contributed by atoms with E-state index in [9.17, 15) is 9.90 Å². The van der Waals surface area contributed by atoms with Gasteiger partial charge >= 0.3 is 5.97 Å². The summed E-state index contributed by atoms with van der Waals surface area (Å²) in [5.74, 6) is 0.431. The van der Waals surface area contributed by atoms with Crippen molar-refractivity contribution >= 4 is 11.8 Å². The predicted octanol–water partition coefficient (Wildman–Crippen LogP) is 1.61. The van der Waals surface area contributed by atoms with E-state index in [1.807, 2.05) is 11.8 Å². The van der Waals surface area contributed by atoms with E-state index in [4.69, 9.17) is 4.74 Å². The quantitative estimate of drug-likeness (QED) is 0.840. The number of esters is 1. The van der Waals surface area contributed by atoms with Crippen molar-refractivity contribution in [2.75, 3.05) is 24.6 Å². The van der Waals surface area contributed by atoms with Crippen LogP contribution in [0.25, 0.3) is 0 Å². The Labute approximate surface area is 113 Å². The lowest BCUT2D eigenvalue weighted by molar-refractivity contribution is 0.0445. The molecule has 1 aliphatic rings. The number of anilines is 1. The number of pyridine rings is 1. The van der Waals surface area contributed by atoms with Crippen LogP contribution in [0.4, 0.5) is 5.82 Å². The molecule has 2 heterocycles. The molecule has 0 saturated carbocycles. The highest BCUT2D eigenvalue weighted by Crippen LogP contribution is 2.24. The molecule has 0 aliphatic carbocycles. The van der Waals surface area contributed by atoms with Gasteiger partial charge in [-0.1, -0.05) is 0 Å². The molecule has 1 atom stereocenters. The molecule has 0 bridgehead atoms. The van der Waals surface area contributed by atoms with Gasteiger partial charge in [-0.2, -0.15) is 0 Å². The summed E-state index contributed by atoms with van der Waals surface area (Å²) in [5.41, 5.74) is -0.214. The van der Waals surface area contributed by atoms with Gasteiger partial charge in [-0.25, -0.2) is 9.78 Å². The van der Waals surface area contributed by atoms with Crippen LogP contribution >= 0.6 is 0 Å². The molecule has 1 N–H and O–H groups in total. The molecular weight excluding hydrogens is 244 g/mol. The fraction of sp³-hybridized carbons (Fsp3) is 0.571. The third-order valence-corrected chi connectivity index (χ3v) is 3.26. The molecule has 1 aromatic rings. The molecule has 19 heavy (non-hydrogen) atoms. The first-order valence-electron chi connectivity index (χ1n) is 6.62. The van der Waals surface area contributed by atoms with Crippen LogP contribution in [0, 0.1) is 0 Å². The van der Waals surface area contributed by atoms with E-state index in [2.05, 4.69) is 4.98 Å². The van der Waals surface area contributed by atoms with Crippen LogP contribution in [0.2, 0.25) is 0 Å². The van der Waals surface area contributed by atoms with Crippen molar-refractivity contribution in [3.63, 3.8) is 0 Å². The van der Waals surface area contributed by atoms with Gasteiger partial charge in [0.25, 0.3) is 0 Å². The number of carbonyl (C=O) groups is 1. The number of hydrogen-bond donors (Lipinski definition) is 1. The summed E-state index contributed by atoms with van der Waals surface area (Å²) in [4.78, 5) is 17.8. The van der Waals surface area contributed by atoms with Crippen molar-refractivity contribution in [3.8, 4) is 0 Å². The molecule has 2 rings (SSSR count). The van der Waals surface area contributed by atoms with E-state index >= 15 is 0 Å². The molecule has 0 spiro atoms. The fourth-order valence-electron chi connectivity index (χ4n) is 2.32. The van der Waals surface area contributed by atoms with Crippen LogP contribution in [0.3, 0.4) is 0 Å². The standard InChI is InChI=1S/C14H20N2O3/c1-3-19-13(17)11-5-6-12(15-9-11)16-8-4-7-14(2,18)10-16/h5-6,9,18H,3-4,7-8,10H2,1-2H3. The Bertz CT molecular complexity index is 443. The molecule has 1 aliphatic heterocycles. The summed E-state index contributed by atoms with van der Waals surface area (Å²) < 4.78 is 4.91. The SMILES string of the molecule is CCOC(=O)c1ccc(N2CCCC(C)(O)C2)nc1. The summed E-state index contributed by atoms with van der Waals surface area (Å²) >= 11 is 0. The van der Waals surface area contributed by atoms with Gasteiger partial charge in [-0.05, 0) is 38.8 Å². The Morgan fingerprint density at radius 1 is 1.58 bits per heavy atom. The maximum absolute atomic E-state index is 11.5. The van der Waals surface area contributed by atoms with Gasteiger partial charge in [0.2, 0.25) is 0 Å². The number of carbonyl (C=O) groups excluding carboxylic acids is 1. The number of aliphatic hydroxyl groups is 1. The Morgan fingerprint density at radius 2 is 2.37 bits per heavy atom. The molecule has 5 nitrogen and oxygen atoms in total. The molecule has 1 fully saturated rings. The van der Waals surface area contributed by atoms with Gasteiger partial charge in [0.1, 0.15) is 5.82 Å². The molecule has 0 radical (unpaired) electrons. The smallest absolute Gasteiger partial charge is 0.339 e. The number of β-amino-alcohol motifs (C(OH)–C–C–N with tert-alkyl or cyclic N) is 1. The first-order valence-corrected chi connectivity index (χ1v) is 6.62. The molecular formula is C14H20N2O3. The number of hydrogen-bond acceptors (Lipinski definition) is 5. The minimum atomic E-state index is -0.667. The Balaban J connectivity index is 2.08. The minimum Gasteiger partial charge on any atom is -0.462 e. The number of rotatable bonds is 3. The molecule has 1 saturated heterocycles. The van der Waals surface area contributed by atoms with Gasteiger partial charge in [-0.3, -0.25) is 0 Å². The second-order valence-corrected chi connectivity index (χ2v) is 5.15. The molecule has 0 aromatic carbocycles. The van der Waals surface area contributed by atoms with Crippen molar-refractivity contribution in [1.29, 1.82) is 0 Å². The molecule has 104 valence electrons. The molecule has 0 amide bonds. The van der Waals surface area contributed by atoms with Crippen molar-refractivity contribution in [3.05, 3.63) is 23.9 Å². The molecule has 5 heteroatoms. The van der Waals surface area contributed by atoms with Gasteiger partial charge in [0.05, 0.1) is 17.8 Å². The minimum absolute atomic E-state index is 0.354. The van der Waals surface area contributed by atoms with Crippen LogP contribution < -0.4 is 4.90 Å². The van der Waals surface area contributed by atoms with Crippen LogP contribution in [0.5, 0.6) is 0 Å². The van der Waals surface area contributed by atoms with Crippen molar-refractivity contribution < 1.29 is 14.6 Å². The fourth-order valence-corrected chi connectivity index (χ4v) is 2.32. The van der Waals surface area contributed by atoms with Crippen molar-refractivity contribution in [2.45, 2.75) is 32.3 Å². The zero-order valence-electron chi connectivity index (χ0n) is 11.4. The van der Waals surface area contributed by atoms with Crippen LogP contribution in [-0.4, -0.2) is 41.4 Å². The molecule has 1 unspecified atom stereocenters. The highest BCUT2D eigenvalue weighted by molar-refractivity contribution is 5.89. The van der Waals surface area contributed by atoms with Gasteiger partial charge in [-0.15, -0.1) is 0 Å².